The summed E-state index contributed by atoms with van der Waals surface area (Å²) in [5, 5.41) is 1.38. The van der Waals surface area contributed by atoms with Gasteiger partial charge in [0.15, 0.2) is 0 Å². The zero-order valence-corrected chi connectivity index (χ0v) is 11.4. The van der Waals surface area contributed by atoms with Gasteiger partial charge >= 0.3 is 0 Å². The van der Waals surface area contributed by atoms with Crippen molar-refractivity contribution in [2.45, 2.75) is 45.6 Å². The Morgan fingerprint density at radius 2 is 2.06 bits per heavy atom. The number of aryl methyl sites for hydroxylation is 2. The average molecular weight is 241 g/mol. The Kier molecular flexibility index (Phi) is 4.63. The fourth-order valence-corrected chi connectivity index (χ4v) is 2.56. The molecule has 0 amide bonds. The molecule has 2 aromatic rings. The summed E-state index contributed by atoms with van der Waals surface area (Å²) in [6.07, 6.45) is 10.3. The van der Waals surface area contributed by atoms with Gasteiger partial charge in [-0.25, -0.2) is 0 Å². The summed E-state index contributed by atoms with van der Waals surface area (Å²) in [6.45, 7) is 7.14. The SMILES string of the molecule is C=CCCCCCn1ccc2cccc(CC)c21. The van der Waals surface area contributed by atoms with Crippen LogP contribution in [0.25, 0.3) is 10.9 Å². The Hall–Kier alpha value is -1.50. The molecule has 1 aromatic heterocycles. The Labute approximate surface area is 110 Å². The van der Waals surface area contributed by atoms with Crippen molar-refractivity contribution in [3.05, 3.63) is 48.7 Å². The second-order valence-electron chi connectivity index (χ2n) is 4.86. The lowest BCUT2D eigenvalue weighted by Crippen LogP contribution is -1.98. The standard InChI is InChI=1S/C17H23N/c1-3-5-6-7-8-13-18-14-12-16-11-9-10-15(4-2)17(16)18/h3,9-12,14H,1,4-8,13H2,2H3. The summed E-state index contributed by atoms with van der Waals surface area (Å²) < 4.78 is 2.42. The molecule has 0 atom stereocenters. The first-order valence-corrected chi connectivity index (χ1v) is 7.04. The third-order valence-electron chi connectivity index (χ3n) is 3.56. The molecule has 0 spiro atoms. The number of unbranched alkanes of at least 4 members (excludes halogenated alkanes) is 3. The van der Waals surface area contributed by atoms with Crippen LogP contribution >= 0.6 is 0 Å². The lowest BCUT2D eigenvalue weighted by atomic mass is 10.1. The third-order valence-corrected chi connectivity index (χ3v) is 3.56. The number of hydrogen-bond acceptors (Lipinski definition) is 0. The number of benzene rings is 1. The van der Waals surface area contributed by atoms with Crippen molar-refractivity contribution in [3.63, 3.8) is 0 Å². The molecule has 0 N–H and O–H groups in total. The van der Waals surface area contributed by atoms with E-state index < -0.39 is 0 Å². The predicted octanol–water partition coefficient (Wildman–Crippen LogP) is 4.95. The maximum Gasteiger partial charge on any atom is 0.0512 e. The summed E-state index contributed by atoms with van der Waals surface area (Å²) in [4.78, 5) is 0. The van der Waals surface area contributed by atoms with Crippen LogP contribution in [0.15, 0.2) is 43.1 Å². The molecule has 18 heavy (non-hydrogen) atoms. The van der Waals surface area contributed by atoms with Gasteiger partial charge in [-0.15, -0.1) is 6.58 Å². The highest BCUT2D eigenvalue weighted by molar-refractivity contribution is 5.83. The number of fused-ring (bicyclic) bond motifs is 1. The molecule has 1 aromatic carbocycles. The van der Waals surface area contributed by atoms with E-state index >= 15 is 0 Å². The van der Waals surface area contributed by atoms with Gasteiger partial charge in [0.05, 0.1) is 5.52 Å². The van der Waals surface area contributed by atoms with Crippen molar-refractivity contribution < 1.29 is 0 Å². The molecule has 1 heterocycles. The molecule has 0 bridgehead atoms. The van der Waals surface area contributed by atoms with E-state index in [4.69, 9.17) is 0 Å². The molecule has 96 valence electrons. The van der Waals surface area contributed by atoms with Crippen LogP contribution in [0.4, 0.5) is 0 Å². The van der Waals surface area contributed by atoms with Crippen LogP contribution in [0, 0.1) is 0 Å². The monoisotopic (exact) mass is 241 g/mol. The average Bonchev–Trinajstić information content (AvgIpc) is 2.82. The highest BCUT2D eigenvalue weighted by Gasteiger charge is 2.04. The van der Waals surface area contributed by atoms with Crippen molar-refractivity contribution in [1.82, 2.24) is 4.57 Å². The second kappa shape index (κ2) is 6.44. The van der Waals surface area contributed by atoms with Crippen molar-refractivity contribution in [3.8, 4) is 0 Å². The Bertz CT molecular complexity index is 507. The van der Waals surface area contributed by atoms with Crippen molar-refractivity contribution in [1.29, 1.82) is 0 Å². The van der Waals surface area contributed by atoms with E-state index in [1.807, 2.05) is 6.08 Å². The molecule has 2 rings (SSSR count). The molecule has 1 nitrogen and oxygen atoms in total. The van der Waals surface area contributed by atoms with E-state index in [1.54, 1.807) is 0 Å². The lowest BCUT2D eigenvalue weighted by molar-refractivity contribution is 0.602. The van der Waals surface area contributed by atoms with Crippen LogP contribution in [0.2, 0.25) is 0 Å². The first-order chi connectivity index (χ1) is 8.86. The van der Waals surface area contributed by atoms with E-state index in [9.17, 15) is 0 Å². The molecular weight excluding hydrogens is 218 g/mol. The number of allylic oxidation sites excluding steroid dienone is 1. The zero-order valence-electron chi connectivity index (χ0n) is 11.4. The van der Waals surface area contributed by atoms with Gasteiger partial charge in [-0.05, 0) is 42.7 Å². The topological polar surface area (TPSA) is 4.93 Å². The summed E-state index contributed by atoms with van der Waals surface area (Å²) in [6, 6.07) is 8.85. The molecule has 0 radical (unpaired) electrons. The highest BCUT2D eigenvalue weighted by Crippen LogP contribution is 2.21. The quantitative estimate of drug-likeness (QED) is 0.477. The minimum absolute atomic E-state index is 1.11. The van der Waals surface area contributed by atoms with Crippen LogP contribution in [0.1, 0.15) is 38.2 Å². The number of nitrogens with zero attached hydrogens (tertiary/aromatic N) is 1. The highest BCUT2D eigenvalue weighted by atomic mass is 14.9. The van der Waals surface area contributed by atoms with Gasteiger partial charge in [0.25, 0.3) is 0 Å². The van der Waals surface area contributed by atoms with Gasteiger partial charge in [0.1, 0.15) is 0 Å². The predicted molar refractivity (Wildman–Crippen MR) is 80.0 cm³/mol. The molecule has 0 unspecified atom stereocenters. The van der Waals surface area contributed by atoms with Gasteiger partial charge in [0, 0.05) is 12.7 Å². The van der Waals surface area contributed by atoms with E-state index in [0.717, 1.165) is 19.4 Å². The van der Waals surface area contributed by atoms with Crippen LogP contribution in [-0.2, 0) is 13.0 Å². The Morgan fingerprint density at radius 3 is 2.83 bits per heavy atom. The summed E-state index contributed by atoms with van der Waals surface area (Å²) >= 11 is 0. The summed E-state index contributed by atoms with van der Waals surface area (Å²) in [7, 11) is 0. The van der Waals surface area contributed by atoms with Gasteiger partial charge in [0.2, 0.25) is 0 Å². The van der Waals surface area contributed by atoms with E-state index in [2.05, 4.69) is 48.5 Å². The summed E-state index contributed by atoms with van der Waals surface area (Å²) in [5.74, 6) is 0. The van der Waals surface area contributed by atoms with E-state index in [1.165, 1.54) is 35.7 Å². The first kappa shape index (κ1) is 12.9. The Balaban J connectivity index is 2.06. The van der Waals surface area contributed by atoms with Gasteiger partial charge in [-0.3, -0.25) is 0 Å². The largest absolute Gasteiger partial charge is 0.347 e. The van der Waals surface area contributed by atoms with Crippen molar-refractivity contribution >= 4 is 10.9 Å². The fraction of sp³-hybridized carbons (Fsp3) is 0.412. The maximum atomic E-state index is 3.77. The molecule has 0 saturated heterocycles. The normalized spacial score (nSPS) is 10.9. The Morgan fingerprint density at radius 1 is 1.17 bits per heavy atom. The van der Waals surface area contributed by atoms with Gasteiger partial charge in [-0.1, -0.05) is 37.6 Å². The minimum atomic E-state index is 1.11. The smallest absolute Gasteiger partial charge is 0.0512 e. The molecular formula is C17H23N. The zero-order chi connectivity index (χ0) is 12.8. The first-order valence-electron chi connectivity index (χ1n) is 7.04. The van der Waals surface area contributed by atoms with E-state index in [0.29, 0.717) is 0 Å². The number of hydrogen-bond donors (Lipinski definition) is 0. The molecule has 0 aliphatic rings. The van der Waals surface area contributed by atoms with Crippen LogP contribution in [0.3, 0.4) is 0 Å². The van der Waals surface area contributed by atoms with Crippen molar-refractivity contribution in [2.24, 2.45) is 0 Å². The molecule has 1 heteroatoms. The molecule has 0 saturated carbocycles. The second-order valence-corrected chi connectivity index (χ2v) is 4.86. The number of para-hydroxylation sites is 1. The molecule has 0 aliphatic carbocycles. The van der Waals surface area contributed by atoms with Gasteiger partial charge in [-0.2, -0.15) is 0 Å². The third kappa shape index (κ3) is 2.84. The summed E-state index contributed by atoms with van der Waals surface area (Å²) in [5.41, 5.74) is 2.90. The van der Waals surface area contributed by atoms with Crippen LogP contribution in [-0.4, -0.2) is 4.57 Å². The molecule has 0 fully saturated rings. The molecule has 0 aliphatic heterocycles. The van der Waals surface area contributed by atoms with Gasteiger partial charge < -0.3 is 4.57 Å². The maximum absolute atomic E-state index is 3.77. The number of rotatable bonds is 7. The number of aromatic nitrogens is 1. The lowest BCUT2D eigenvalue weighted by Gasteiger charge is -2.08. The minimum Gasteiger partial charge on any atom is -0.347 e. The van der Waals surface area contributed by atoms with E-state index in [-0.39, 0.29) is 0 Å². The fourth-order valence-electron chi connectivity index (χ4n) is 2.56. The van der Waals surface area contributed by atoms with Crippen LogP contribution in [0.5, 0.6) is 0 Å². The van der Waals surface area contributed by atoms with Crippen LogP contribution < -0.4 is 0 Å². The van der Waals surface area contributed by atoms with Crippen molar-refractivity contribution in [2.75, 3.05) is 0 Å².